The van der Waals surface area contributed by atoms with Crippen molar-refractivity contribution in [2.75, 3.05) is 11.9 Å². The Bertz CT molecular complexity index is 609. The Balaban J connectivity index is 2.31. The van der Waals surface area contributed by atoms with Gasteiger partial charge in [0.25, 0.3) is 0 Å². The molecular formula is C19H26N2. The Morgan fingerprint density at radius 1 is 0.952 bits per heavy atom. The van der Waals surface area contributed by atoms with Gasteiger partial charge in [-0.05, 0) is 80.6 Å². The lowest BCUT2D eigenvalue weighted by Crippen LogP contribution is -2.18. The van der Waals surface area contributed by atoms with Crippen LogP contribution in [0.1, 0.15) is 29.2 Å². The van der Waals surface area contributed by atoms with E-state index >= 15 is 0 Å². The average Bonchev–Trinajstić information content (AvgIpc) is 2.38. The molecule has 0 aromatic heterocycles. The van der Waals surface area contributed by atoms with Gasteiger partial charge in [0.1, 0.15) is 0 Å². The Labute approximate surface area is 128 Å². The van der Waals surface area contributed by atoms with Gasteiger partial charge in [-0.1, -0.05) is 12.1 Å². The monoisotopic (exact) mass is 282 g/mol. The van der Waals surface area contributed by atoms with Crippen LogP contribution in [-0.2, 0) is 6.42 Å². The van der Waals surface area contributed by atoms with Crippen LogP contribution in [0.15, 0.2) is 36.4 Å². The van der Waals surface area contributed by atoms with E-state index in [9.17, 15) is 0 Å². The van der Waals surface area contributed by atoms with Crippen LogP contribution in [0.3, 0.4) is 0 Å². The van der Waals surface area contributed by atoms with Crippen LogP contribution in [0.2, 0.25) is 0 Å². The summed E-state index contributed by atoms with van der Waals surface area (Å²) in [5, 5.41) is 0. The number of nitrogens with zero attached hydrogens (tertiary/aromatic N) is 1. The molecule has 21 heavy (non-hydrogen) atoms. The smallest absolute Gasteiger partial charge is 0.0413 e. The van der Waals surface area contributed by atoms with E-state index in [0.717, 1.165) is 6.42 Å². The molecule has 0 saturated heterocycles. The van der Waals surface area contributed by atoms with Gasteiger partial charge in [-0.2, -0.15) is 0 Å². The number of nitrogens with two attached hydrogens (primary N) is 1. The van der Waals surface area contributed by atoms with Gasteiger partial charge in [0.05, 0.1) is 0 Å². The molecule has 0 saturated carbocycles. The Morgan fingerprint density at radius 3 is 2.10 bits per heavy atom. The van der Waals surface area contributed by atoms with Crippen LogP contribution in [0.4, 0.5) is 11.4 Å². The van der Waals surface area contributed by atoms with Crippen molar-refractivity contribution in [3.05, 3.63) is 58.7 Å². The van der Waals surface area contributed by atoms with Crippen LogP contribution in [0.5, 0.6) is 0 Å². The second-order valence-corrected chi connectivity index (χ2v) is 6.20. The van der Waals surface area contributed by atoms with E-state index in [2.05, 4.69) is 76.0 Å². The van der Waals surface area contributed by atoms with Crippen molar-refractivity contribution in [3.8, 4) is 0 Å². The fourth-order valence-electron chi connectivity index (χ4n) is 2.76. The van der Waals surface area contributed by atoms with E-state index in [1.807, 2.05) is 0 Å². The molecule has 0 spiro atoms. The van der Waals surface area contributed by atoms with Crippen molar-refractivity contribution < 1.29 is 0 Å². The highest BCUT2D eigenvalue weighted by molar-refractivity contribution is 5.65. The molecule has 2 nitrogen and oxygen atoms in total. The maximum absolute atomic E-state index is 5.91. The van der Waals surface area contributed by atoms with E-state index in [0.29, 0.717) is 0 Å². The highest BCUT2D eigenvalue weighted by atomic mass is 15.1. The fourth-order valence-corrected chi connectivity index (χ4v) is 2.76. The number of anilines is 2. The lowest BCUT2D eigenvalue weighted by atomic mass is 10.0. The minimum Gasteiger partial charge on any atom is -0.345 e. The zero-order valence-electron chi connectivity index (χ0n) is 13.8. The van der Waals surface area contributed by atoms with Crippen molar-refractivity contribution in [1.82, 2.24) is 0 Å². The van der Waals surface area contributed by atoms with Gasteiger partial charge in [-0.15, -0.1) is 0 Å². The van der Waals surface area contributed by atoms with Crippen molar-refractivity contribution in [2.45, 2.75) is 40.2 Å². The van der Waals surface area contributed by atoms with Crippen LogP contribution < -0.4 is 10.6 Å². The molecule has 0 bridgehead atoms. The van der Waals surface area contributed by atoms with Gasteiger partial charge in [0, 0.05) is 24.5 Å². The summed E-state index contributed by atoms with van der Waals surface area (Å²) >= 11 is 0. The maximum atomic E-state index is 5.91. The van der Waals surface area contributed by atoms with Gasteiger partial charge in [0.2, 0.25) is 0 Å². The summed E-state index contributed by atoms with van der Waals surface area (Å²) in [5.74, 6) is 0. The summed E-state index contributed by atoms with van der Waals surface area (Å²) in [6.45, 7) is 8.49. The second-order valence-electron chi connectivity index (χ2n) is 6.20. The average molecular weight is 282 g/mol. The first-order valence-electron chi connectivity index (χ1n) is 7.54. The second kappa shape index (κ2) is 6.31. The lowest BCUT2D eigenvalue weighted by Gasteiger charge is -2.22. The topological polar surface area (TPSA) is 29.3 Å². The Hall–Kier alpha value is -1.80. The molecule has 112 valence electrons. The quantitative estimate of drug-likeness (QED) is 0.907. The number of hydrogen-bond donors (Lipinski definition) is 1. The molecular weight excluding hydrogens is 256 g/mol. The van der Waals surface area contributed by atoms with Crippen LogP contribution in [0, 0.1) is 20.8 Å². The zero-order chi connectivity index (χ0) is 15.6. The van der Waals surface area contributed by atoms with E-state index in [-0.39, 0.29) is 6.04 Å². The molecule has 1 unspecified atom stereocenters. The van der Waals surface area contributed by atoms with E-state index in [1.54, 1.807) is 0 Å². The first-order chi connectivity index (χ1) is 9.86. The molecule has 2 N–H and O–H groups in total. The van der Waals surface area contributed by atoms with E-state index in [1.165, 1.54) is 33.6 Å². The summed E-state index contributed by atoms with van der Waals surface area (Å²) in [4.78, 5) is 2.24. The minimum atomic E-state index is 0.201. The molecule has 0 radical (unpaired) electrons. The van der Waals surface area contributed by atoms with Crippen LogP contribution >= 0.6 is 0 Å². The predicted molar refractivity (Wildman–Crippen MR) is 92.5 cm³/mol. The summed E-state index contributed by atoms with van der Waals surface area (Å²) in [6, 6.07) is 13.5. The van der Waals surface area contributed by atoms with Gasteiger partial charge < -0.3 is 10.6 Å². The molecule has 0 amide bonds. The van der Waals surface area contributed by atoms with Gasteiger partial charge in [0.15, 0.2) is 0 Å². The summed E-state index contributed by atoms with van der Waals surface area (Å²) in [6.07, 6.45) is 0.930. The van der Waals surface area contributed by atoms with Crippen LogP contribution in [-0.4, -0.2) is 13.1 Å². The SMILES string of the molecule is Cc1cc(C)cc(N(C)c2ccc(CC(C)N)c(C)c2)c1. The molecule has 2 aromatic carbocycles. The zero-order valence-corrected chi connectivity index (χ0v) is 13.8. The molecule has 0 aliphatic heterocycles. The van der Waals surface area contributed by atoms with Crippen molar-refractivity contribution in [3.63, 3.8) is 0 Å². The van der Waals surface area contributed by atoms with Gasteiger partial charge in [-0.3, -0.25) is 0 Å². The summed E-state index contributed by atoms with van der Waals surface area (Å²) < 4.78 is 0. The molecule has 2 heteroatoms. The Morgan fingerprint density at radius 2 is 1.57 bits per heavy atom. The molecule has 2 rings (SSSR count). The van der Waals surface area contributed by atoms with Crippen molar-refractivity contribution >= 4 is 11.4 Å². The van der Waals surface area contributed by atoms with E-state index < -0.39 is 0 Å². The first-order valence-corrected chi connectivity index (χ1v) is 7.54. The molecule has 0 aliphatic carbocycles. The van der Waals surface area contributed by atoms with Crippen molar-refractivity contribution in [2.24, 2.45) is 5.73 Å². The fraction of sp³-hybridized carbons (Fsp3) is 0.368. The molecule has 0 fully saturated rings. The van der Waals surface area contributed by atoms with Crippen LogP contribution in [0.25, 0.3) is 0 Å². The third-order valence-corrected chi connectivity index (χ3v) is 3.85. The standard InChI is InChI=1S/C19H26N2/c1-13-8-14(2)10-19(9-13)21(5)18-7-6-17(12-16(4)20)15(3)11-18/h6-11,16H,12,20H2,1-5H3. The number of aryl methyl sites for hydroxylation is 3. The summed E-state index contributed by atoms with van der Waals surface area (Å²) in [5.41, 5.74) is 13.6. The third kappa shape index (κ3) is 3.85. The first kappa shape index (κ1) is 15.6. The maximum Gasteiger partial charge on any atom is 0.0413 e. The summed E-state index contributed by atoms with van der Waals surface area (Å²) in [7, 11) is 2.12. The normalized spacial score (nSPS) is 12.3. The third-order valence-electron chi connectivity index (χ3n) is 3.85. The molecule has 2 aromatic rings. The molecule has 1 atom stereocenters. The molecule has 0 heterocycles. The highest BCUT2D eigenvalue weighted by Crippen LogP contribution is 2.27. The van der Waals surface area contributed by atoms with Crippen molar-refractivity contribution in [1.29, 1.82) is 0 Å². The number of benzene rings is 2. The molecule has 0 aliphatic rings. The predicted octanol–water partition coefficient (Wildman–Crippen LogP) is 4.27. The van der Waals surface area contributed by atoms with Gasteiger partial charge in [-0.25, -0.2) is 0 Å². The Kier molecular flexibility index (Phi) is 4.69. The lowest BCUT2D eigenvalue weighted by molar-refractivity contribution is 0.735. The highest BCUT2D eigenvalue weighted by Gasteiger charge is 2.08. The van der Waals surface area contributed by atoms with Gasteiger partial charge >= 0.3 is 0 Å². The number of hydrogen-bond acceptors (Lipinski definition) is 2. The largest absolute Gasteiger partial charge is 0.345 e. The minimum absolute atomic E-state index is 0.201. The van der Waals surface area contributed by atoms with E-state index in [4.69, 9.17) is 5.73 Å². The number of rotatable bonds is 4.